The number of fused-ring (bicyclic) bond motifs is 1. The fourth-order valence-electron chi connectivity index (χ4n) is 2.50. The zero-order chi connectivity index (χ0) is 17.6. The number of H-pyrrole nitrogens is 1. The molecule has 2 aromatic heterocycles. The second-order valence-electron chi connectivity index (χ2n) is 5.33. The number of rotatable bonds is 5. The van der Waals surface area contributed by atoms with Crippen LogP contribution in [0.1, 0.15) is 11.1 Å². The summed E-state index contributed by atoms with van der Waals surface area (Å²) in [4.78, 5) is 18.2. The topological polar surface area (TPSA) is 102 Å². The number of anilines is 1. The van der Waals surface area contributed by atoms with Gasteiger partial charge in [0.25, 0.3) is 0 Å². The van der Waals surface area contributed by atoms with E-state index in [9.17, 15) is 4.79 Å². The van der Waals surface area contributed by atoms with Gasteiger partial charge in [-0.3, -0.25) is 5.32 Å². The molecule has 0 radical (unpaired) electrons. The minimum absolute atomic E-state index is 0.415. The van der Waals surface area contributed by atoms with E-state index in [2.05, 4.69) is 25.9 Å². The molecule has 3 rings (SSSR count). The molecule has 0 aliphatic heterocycles. The number of nitrogens with zero attached hydrogens (tertiary/aromatic N) is 1. The molecule has 128 valence electrons. The lowest BCUT2D eigenvalue weighted by Gasteiger charge is -2.13. The Hall–Kier alpha value is -3.13. The van der Waals surface area contributed by atoms with Gasteiger partial charge in [-0.05, 0) is 41.5 Å². The van der Waals surface area contributed by atoms with E-state index in [0.29, 0.717) is 23.9 Å². The van der Waals surface area contributed by atoms with Gasteiger partial charge in [0.1, 0.15) is 5.65 Å². The Morgan fingerprint density at radius 2 is 1.88 bits per heavy atom. The summed E-state index contributed by atoms with van der Waals surface area (Å²) in [6.45, 7) is 0.982. The Balaban J connectivity index is 1.57. The van der Waals surface area contributed by atoms with Gasteiger partial charge >= 0.3 is 6.09 Å². The smallest absolute Gasteiger partial charge is 0.409 e. The van der Waals surface area contributed by atoms with Gasteiger partial charge in [-0.2, -0.15) is 0 Å². The first kappa shape index (κ1) is 16.7. The van der Waals surface area contributed by atoms with Crippen LogP contribution in [0.25, 0.3) is 11.0 Å². The van der Waals surface area contributed by atoms with Crippen molar-refractivity contribution in [1.29, 1.82) is 0 Å². The van der Waals surface area contributed by atoms with Gasteiger partial charge in [0, 0.05) is 36.6 Å². The molecule has 0 aliphatic carbocycles. The summed E-state index contributed by atoms with van der Waals surface area (Å²) in [6, 6.07) is 11.1. The van der Waals surface area contributed by atoms with E-state index in [1.54, 1.807) is 18.3 Å². The fourth-order valence-corrected chi connectivity index (χ4v) is 2.64. The quantitative estimate of drug-likeness (QED) is 0.451. The van der Waals surface area contributed by atoms with E-state index < -0.39 is 6.09 Å². The number of benzene rings is 1. The highest BCUT2D eigenvalue weighted by molar-refractivity contribution is 7.80. The third-order valence-electron chi connectivity index (χ3n) is 3.69. The highest BCUT2D eigenvalue weighted by Gasteiger charge is 2.06. The maximum atomic E-state index is 10.8. The van der Waals surface area contributed by atoms with E-state index in [-0.39, 0.29) is 0 Å². The molecule has 0 atom stereocenters. The van der Waals surface area contributed by atoms with Crippen LogP contribution in [0.15, 0.2) is 48.8 Å². The van der Waals surface area contributed by atoms with Gasteiger partial charge in [0.2, 0.25) is 0 Å². The van der Waals surface area contributed by atoms with Crippen LogP contribution in [-0.4, -0.2) is 26.3 Å². The predicted octanol–water partition coefficient (Wildman–Crippen LogP) is 2.82. The minimum atomic E-state index is -1.10. The second kappa shape index (κ2) is 7.63. The van der Waals surface area contributed by atoms with Crippen molar-refractivity contribution in [3.05, 3.63) is 59.9 Å². The summed E-state index contributed by atoms with van der Waals surface area (Å²) in [7, 11) is 0. The van der Waals surface area contributed by atoms with Crippen molar-refractivity contribution in [2.45, 2.75) is 13.1 Å². The number of aromatic amines is 1. The number of hydrogen-bond acceptors (Lipinski definition) is 3. The normalized spacial score (nSPS) is 10.4. The van der Waals surface area contributed by atoms with E-state index >= 15 is 0 Å². The zero-order valence-electron chi connectivity index (χ0n) is 13.2. The Labute approximate surface area is 149 Å². The molecule has 0 saturated heterocycles. The lowest BCUT2D eigenvalue weighted by molar-refractivity contribution is 0.209. The number of thiocarbonyl (C=S) groups is 1. The van der Waals surface area contributed by atoms with Crippen molar-refractivity contribution in [2.24, 2.45) is 0 Å². The highest BCUT2D eigenvalue weighted by Crippen LogP contribution is 2.15. The predicted molar refractivity (Wildman–Crippen MR) is 100 cm³/mol. The molecule has 0 unspecified atom stereocenters. The molecule has 3 aromatic rings. The Bertz CT molecular complexity index is 909. The molecule has 0 saturated carbocycles. The molecule has 7 nitrogen and oxygen atoms in total. The lowest BCUT2D eigenvalue weighted by Crippen LogP contribution is -2.34. The first-order chi connectivity index (χ1) is 12.1. The van der Waals surface area contributed by atoms with Crippen molar-refractivity contribution in [3.8, 4) is 0 Å². The number of pyridine rings is 1. The molecule has 1 amide bonds. The zero-order valence-corrected chi connectivity index (χ0v) is 14.1. The monoisotopic (exact) mass is 355 g/mol. The molecule has 0 spiro atoms. The number of nitrogens with one attached hydrogen (secondary N) is 4. The largest absolute Gasteiger partial charge is 0.465 e. The van der Waals surface area contributed by atoms with E-state index in [1.165, 1.54) is 0 Å². The van der Waals surface area contributed by atoms with Crippen molar-refractivity contribution in [1.82, 2.24) is 20.6 Å². The number of hydrogen-bond donors (Lipinski definition) is 5. The van der Waals surface area contributed by atoms with Crippen LogP contribution in [0.3, 0.4) is 0 Å². The summed E-state index contributed by atoms with van der Waals surface area (Å²) in [5.41, 5.74) is 3.27. The summed E-state index contributed by atoms with van der Waals surface area (Å²) in [5, 5.41) is 19.0. The van der Waals surface area contributed by atoms with Crippen molar-refractivity contribution >= 4 is 40.1 Å². The van der Waals surface area contributed by atoms with Gasteiger partial charge in [-0.15, -0.1) is 0 Å². The van der Waals surface area contributed by atoms with Crippen LogP contribution in [0.5, 0.6) is 0 Å². The number of carbonyl (C=O) groups is 1. The number of para-hydroxylation sites is 1. The Morgan fingerprint density at radius 3 is 2.68 bits per heavy atom. The van der Waals surface area contributed by atoms with E-state index in [4.69, 9.17) is 17.3 Å². The molecule has 0 bridgehead atoms. The van der Waals surface area contributed by atoms with Gasteiger partial charge in [-0.25, -0.2) is 9.78 Å². The highest BCUT2D eigenvalue weighted by atomic mass is 32.1. The van der Waals surface area contributed by atoms with Gasteiger partial charge in [0.05, 0.1) is 0 Å². The number of carboxylic acid groups (broad SMARTS) is 1. The molecule has 0 aliphatic rings. The maximum Gasteiger partial charge on any atom is 0.409 e. The van der Waals surface area contributed by atoms with Crippen molar-refractivity contribution < 1.29 is 9.90 Å². The first-order valence-electron chi connectivity index (χ1n) is 7.64. The van der Waals surface area contributed by atoms with Crippen LogP contribution in [-0.2, 0) is 13.1 Å². The molecule has 1 aromatic carbocycles. The SMILES string of the molecule is O=C(O)Nc1ccccc1CNC(=S)NCc1ccnc2[nH]ccc12. The summed E-state index contributed by atoms with van der Waals surface area (Å²) in [6.07, 6.45) is 2.51. The van der Waals surface area contributed by atoms with Gasteiger partial charge in [0.15, 0.2) is 5.11 Å². The Kier molecular flexibility index (Phi) is 5.10. The lowest BCUT2D eigenvalue weighted by atomic mass is 10.2. The number of aromatic nitrogens is 2. The summed E-state index contributed by atoms with van der Waals surface area (Å²) in [5.74, 6) is 0. The summed E-state index contributed by atoms with van der Waals surface area (Å²) >= 11 is 5.30. The third kappa shape index (κ3) is 4.24. The first-order valence-corrected chi connectivity index (χ1v) is 8.05. The molecule has 2 heterocycles. The van der Waals surface area contributed by atoms with E-state index in [0.717, 1.165) is 22.2 Å². The van der Waals surface area contributed by atoms with Gasteiger partial charge in [-0.1, -0.05) is 18.2 Å². The third-order valence-corrected chi connectivity index (χ3v) is 3.98. The molecular weight excluding hydrogens is 338 g/mol. The standard InChI is InChI=1S/C17H17N5O2S/c23-17(24)22-14-4-2-1-3-12(14)10-21-16(25)20-9-11-5-7-18-15-13(11)6-8-19-15/h1-8,22H,9-10H2,(H,18,19)(H,23,24)(H2,20,21,25). The molecule has 0 fully saturated rings. The number of amides is 1. The van der Waals surface area contributed by atoms with Crippen LogP contribution < -0.4 is 16.0 Å². The maximum absolute atomic E-state index is 10.8. The van der Waals surface area contributed by atoms with Crippen LogP contribution in [0.2, 0.25) is 0 Å². The van der Waals surface area contributed by atoms with Gasteiger partial charge < -0.3 is 20.7 Å². The molecule has 5 N–H and O–H groups in total. The minimum Gasteiger partial charge on any atom is -0.465 e. The van der Waals surface area contributed by atoms with Crippen LogP contribution in [0.4, 0.5) is 10.5 Å². The molecular formula is C17H17N5O2S. The molecule has 8 heteroatoms. The average Bonchev–Trinajstić information content (AvgIpc) is 3.08. The summed E-state index contributed by atoms with van der Waals surface area (Å²) < 4.78 is 0. The molecule has 25 heavy (non-hydrogen) atoms. The van der Waals surface area contributed by atoms with Crippen molar-refractivity contribution in [3.63, 3.8) is 0 Å². The van der Waals surface area contributed by atoms with Crippen LogP contribution >= 0.6 is 12.2 Å². The fraction of sp³-hybridized carbons (Fsp3) is 0.118. The average molecular weight is 355 g/mol. The van der Waals surface area contributed by atoms with E-state index in [1.807, 2.05) is 30.5 Å². The second-order valence-corrected chi connectivity index (χ2v) is 5.74. The Morgan fingerprint density at radius 1 is 1.12 bits per heavy atom. The van der Waals surface area contributed by atoms with Crippen LogP contribution in [0, 0.1) is 0 Å². The van der Waals surface area contributed by atoms with Crippen molar-refractivity contribution in [2.75, 3.05) is 5.32 Å².